The molecule has 1 aliphatic rings. The van der Waals surface area contributed by atoms with Gasteiger partial charge in [-0.15, -0.1) is 11.3 Å². The summed E-state index contributed by atoms with van der Waals surface area (Å²) in [5.41, 5.74) is 2.29. The van der Waals surface area contributed by atoms with Crippen LogP contribution in [0.4, 0.5) is 0 Å². The molecule has 10 heteroatoms. The van der Waals surface area contributed by atoms with E-state index in [2.05, 4.69) is 9.71 Å². The third-order valence-electron chi connectivity index (χ3n) is 5.41. The van der Waals surface area contributed by atoms with Crippen LogP contribution in [0.2, 0.25) is 0 Å². The van der Waals surface area contributed by atoms with Crippen LogP contribution in [0.5, 0.6) is 5.75 Å². The van der Waals surface area contributed by atoms with Crippen LogP contribution < -0.4 is 9.46 Å². The van der Waals surface area contributed by atoms with Crippen LogP contribution >= 0.6 is 11.3 Å². The number of likely N-dealkylation sites (tertiary alicyclic amines) is 1. The summed E-state index contributed by atoms with van der Waals surface area (Å²) in [6, 6.07) is 8.78. The van der Waals surface area contributed by atoms with E-state index in [-0.39, 0.29) is 23.9 Å². The number of thiazole rings is 1. The van der Waals surface area contributed by atoms with Gasteiger partial charge in [-0.3, -0.25) is 4.79 Å². The molecule has 0 spiro atoms. The average Bonchev–Trinajstić information content (AvgIpc) is 3.53. The van der Waals surface area contributed by atoms with Crippen LogP contribution in [0, 0.1) is 6.92 Å². The predicted octanol–water partition coefficient (Wildman–Crippen LogP) is 3.03. The second-order valence-electron chi connectivity index (χ2n) is 7.74. The largest absolute Gasteiger partial charge is 0.497 e. The van der Waals surface area contributed by atoms with E-state index >= 15 is 0 Å². The summed E-state index contributed by atoms with van der Waals surface area (Å²) in [6.45, 7) is 3.62. The minimum atomic E-state index is -3.78. The lowest BCUT2D eigenvalue weighted by atomic mass is 10.2. The minimum absolute atomic E-state index is 0.0113. The molecule has 4 rings (SSSR count). The van der Waals surface area contributed by atoms with Crippen LogP contribution in [-0.2, 0) is 27.9 Å². The monoisotopic (exact) mass is 474 g/mol. The zero-order chi connectivity index (χ0) is 22.7. The standard InChI is InChI=1S/C22H26N4O4S2/c1-16-15-31-22(24-16)20-11-19(13-26(20)14-21(27)25-9-3-4-10-25)32(28,29)23-12-17-5-7-18(30-2)8-6-17/h5-8,11,13,15,23H,3-4,9-10,12,14H2,1-2H3. The number of hydrogen-bond donors (Lipinski definition) is 1. The number of sulfonamides is 1. The molecule has 2 aromatic heterocycles. The molecule has 0 aliphatic carbocycles. The van der Waals surface area contributed by atoms with E-state index in [1.807, 2.05) is 29.3 Å². The van der Waals surface area contributed by atoms with Gasteiger partial charge in [0.1, 0.15) is 22.2 Å². The summed E-state index contributed by atoms with van der Waals surface area (Å²) in [7, 11) is -2.20. The van der Waals surface area contributed by atoms with E-state index in [1.54, 1.807) is 29.9 Å². The molecule has 1 amide bonds. The van der Waals surface area contributed by atoms with E-state index < -0.39 is 10.0 Å². The van der Waals surface area contributed by atoms with Gasteiger partial charge in [0.15, 0.2) is 0 Å². The molecule has 32 heavy (non-hydrogen) atoms. The Morgan fingerprint density at radius 1 is 1.22 bits per heavy atom. The van der Waals surface area contributed by atoms with Crippen molar-refractivity contribution < 1.29 is 17.9 Å². The van der Waals surface area contributed by atoms with Crippen molar-refractivity contribution in [1.29, 1.82) is 0 Å². The summed E-state index contributed by atoms with van der Waals surface area (Å²) in [6.07, 6.45) is 3.53. The van der Waals surface area contributed by atoms with Crippen molar-refractivity contribution in [2.24, 2.45) is 0 Å². The highest BCUT2D eigenvalue weighted by Gasteiger charge is 2.24. The van der Waals surface area contributed by atoms with E-state index in [4.69, 9.17) is 4.74 Å². The van der Waals surface area contributed by atoms with Crippen molar-refractivity contribution in [3.8, 4) is 16.5 Å². The van der Waals surface area contributed by atoms with Gasteiger partial charge < -0.3 is 14.2 Å². The lowest BCUT2D eigenvalue weighted by Gasteiger charge is -2.16. The smallest absolute Gasteiger partial charge is 0.242 e. The van der Waals surface area contributed by atoms with Gasteiger partial charge >= 0.3 is 0 Å². The van der Waals surface area contributed by atoms with Crippen LogP contribution in [0.15, 0.2) is 46.8 Å². The van der Waals surface area contributed by atoms with Crippen LogP contribution in [0.1, 0.15) is 24.1 Å². The number of rotatable bonds is 8. The number of nitrogens with zero attached hydrogens (tertiary/aromatic N) is 3. The summed E-state index contributed by atoms with van der Waals surface area (Å²) in [4.78, 5) is 19.2. The molecule has 8 nitrogen and oxygen atoms in total. The molecule has 1 N–H and O–H groups in total. The zero-order valence-electron chi connectivity index (χ0n) is 18.1. The number of aryl methyl sites for hydroxylation is 1. The third kappa shape index (κ3) is 5.03. The van der Waals surface area contributed by atoms with Crippen LogP contribution in [0.25, 0.3) is 10.7 Å². The number of carbonyl (C=O) groups is 1. The minimum Gasteiger partial charge on any atom is -0.497 e. The fourth-order valence-electron chi connectivity index (χ4n) is 3.63. The van der Waals surface area contributed by atoms with Gasteiger partial charge in [0.05, 0.1) is 12.8 Å². The molecule has 170 valence electrons. The number of amides is 1. The highest BCUT2D eigenvalue weighted by atomic mass is 32.2. The van der Waals surface area contributed by atoms with Gasteiger partial charge in [-0.25, -0.2) is 18.1 Å². The first-order chi connectivity index (χ1) is 15.4. The number of nitrogens with one attached hydrogen (secondary N) is 1. The number of hydrogen-bond acceptors (Lipinski definition) is 6. The van der Waals surface area contributed by atoms with Gasteiger partial charge in [0, 0.05) is 36.9 Å². The Hall–Kier alpha value is -2.69. The number of aromatic nitrogens is 2. The fraction of sp³-hybridized carbons (Fsp3) is 0.364. The Labute approximate surface area is 191 Å². The van der Waals surface area contributed by atoms with Crippen LogP contribution in [-0.4, -0.2) is 49.0 Å². The first-order valence-corrected chi connectivity index (χ1v) is 12.7. The Morgan fingerprint density at radius 3 is 2.56 bits per heavy atom. The van der Waals surface area contributed by atoms with Crippen molar-refractivity contribution in [2.75, 3.05) is 20.2 Å². The second-order valence-corrected chi connectivity index (χ2v) is 10.4. The van der Waals surface area contributed by atoms with E-state index in [0.29, 0.717) is 16.5 Å². The SMILES string of the molecule is COc1ccc(CNS(=O)(=O)c2cc(-c3nc(C)cs3)n(CC(=O)N3CCCC3)c2)cc1. The molecule has 0 radical (unpaired) electrons. The number of methoxy groups -OCH3 is 1. The summed E-state index contributed by atoms with van der Waals surface area (Å²) < 4.78 is 35.5. The number of ether oxygens (including phenoxy) is 1. The molecule has 1 aromatic carbocycles. The second kappa shape index (κ2) is 9.43. The van der Waals surface area contributed by atoms with E-state index in [0.717, 1.165) is 37.2 Å². The number of carbonyl (C=O) groups excluding carboxylic acids is 1. The van der Waals surface area contributed by atoms with Crippen molar-refractivity contribution in [2.45, 2.75) is 37.8 Å². The summed E-state index contributed by atoms with van der Waals surface area (Å²) in [5.74, 6) is 0.697. The molecular formula is C22H26N4O4S2. The Morgan fingerprint density at radius 2 is 1.94 bits per heavy atom. The molecule has 0 unspecified atom stereocenters. The first kappa shape index (κ1) is 22.5. The molecule has 1 saturated heterocycles. The topological polar surface area (TPSA) is 93.5 Å². The van der Waals surface area contributed by atoms with Crippen molar-refractivity contribution in [1.82, 2.24) is 19.2 Å². The number of benzene rings is 1. The van der Waals surface area contributed by atoms with Crippen molar-refractivity contribution in [3.63, 3.8) is 0 Å². The zero-order valence-corrected chi connectivity index (χ0v) is 19.7. The van der Waals surface area contributed by atoms with Crippen LogP contribution in [0.3, 0.4) is 0 Å². The van der Waals surface area contributed by atoms with E-state index in [9.17, 15) is 13.2 Å². The molecular weight excluding hydrogens is 448 g/mol. The first-order valence-electron chi connectivity index (χ1n) is 10.4. The van der Waals surface area contributed by atoms with Crippen molar-refractivity contribution in [3.05, 3.63) is 53.2 Å². The highest BCUT2D eigenvalue weighted by molar-refractivity contribution is 7.89. The molecule has 3 heterocycles. The summed E-state index contributed by atoms with van der Waals surface area (Å²) >= 11 is 1.43. The molecule has 3 aromatic rings. The van der Waals surface area contributed by atoms with Gasteiger partial charge in [0.2, 0.25) is 15.9 Å². The average molecular weight is 475 g/mol. The Balaban J connectivity index is 1.57. The Bertz CT molecular complexity index is 1190. The summed E-state index contributed by atoms with van der Waals surface area (Å²) in [5, 5.41) is 2.60. The lowest BCUT2D eigenvalue weighted by Crippen LogP contribution is -2.31. The molecule has 0 atom stereocenters. The van der Waals surface area contributed by atoms with Gasteiger partial charge in [-0.1, -0.05) is 12.1 Å². The normalized spacial score (nSPS) is 14.1. The fourth-order valence-corrected chi connectivity index (χ4v) is 5.51. The third-order valence-corrected chi connectivity index (χ3v) is 7.76. The van der Waals surface area contributed by atoms with Crippen molar-refractivity contribution >= 4 is 27.3 Å². The highest BCUT2D eigenvalue weighted by Crippen LogP contribution is 2.28. The maximum atomic E-state index is 13.0. The van der Waals surface area contributed by atoms with E-state index in [1.165, 1.54) is 17.5 Å². The molecule has 1 aliphatic heterocycles. The molecule has 0 bridgehead atoms. The Kier molecular flexibility index (Phi) is 6.63. The maximum Gasteiger partial charge on any atom is 0.242 e. The van der Waals surface area contributed by atoms with Gasteiger partial charge in [-0.2, -0.15) is 0 Å². The van der Waals surface area contributed by atoms with Gasteiger partial charge in [0.25, 0.3) is 0 Å². The maximum absolute atomic E-state index is 13.0. The quantitative estimate of drug-likeness (QED) is 0.542. The lowest BCUT2D eigenvalue weighted by molar-refractivity contribution is -0.130. The molecule has 1 fully saturated rings. The molecule has 0 saturated carbocycles. The predicted molar refractivity (Wildman–Crippen MR) is 123 cm³/mol. The van der Waals surface area contributed by atoms with Gasteiger partial charge in [-0.05, 0) is 43.5 Å².